The van der Waals surface area contributed by atoms with E-state index in [1.54, 1.807) is 42.6 Å². The fraction of sp³-hybridized carbons (Fsp3) is 0.130. The first-order chi connectivity index (χ1) is 15.3. The van der Waals surface area contributed by atoms with Crippen molar-refractivity contribution in [2.45, 2.75) is 17.7 Å². The summed E-state index contributed by atoms with van der Waals surface area (Å²) in [6, 6.07) is 17.8. The highest BCUT2D eigenvalue weighted by atomic mass is 35.5. The lowest BCUT2D eigenvalue weighted by Crippen LogP contribution is -2.27. The maximum atomic E-state index is 13.7. The Morgan fingerprint density at radius 1 is 1.09 bits per heavy atom. The molecule has 0 saturated heterocycles. The number of rotatable bonds is 5. The number of hydrogen-bond acceptors (Lipinski definition) is 4. The lowest BCUT2D eigenvalue weighted by atomic mass is 10.1. The molecular formula is C23H20ClN5O2S. The third-order valence-electron chi connectivity index (χ3n) is 5.55. The maximum absolute atomic E-state index is 13.7. The van der Waals surface area contributed by atoms with Crippen molar-refractivity contribution in [1.29, 1.82) is 5.41 Å². The van der Waals surface area contributed by atoms with Crippen molar-refractivity contribution < 1.29 is 8.42 Å². The van der Waals surface area contributed by atoms with Crippen LogP contribution in [0.3, 0.4) is 0 Å². The molecular weight excluding hydrogens is 446 g/mol. The Morgan fingerprint density at radius 3 is 2.56 bits per heavy atom. The maximum Gasteiger partial charge on any atom is 0.268 e. The van der Waals surface area contributed by atoms with E-state index >= 15 is 0 Å². The first kappa shape index (κ1) is 20.5. The van der Waals surface area contributed by atoms with E-state index in [0.717, 1.165) is 23.6 Å². The monoisotopic (exact) mass is 465 g/mol. The van der Waals surface area contributed by atoms with Gasteiger partial charge in [0.25, 0.3) is 10.0 Å². The van der Waals surface area contributed by atoms with E-state index in [0.29, 0.717) is 27.2 Å². The summed E-state index contributed by atoms with van der Waals surface area (Å²) >= 11 is 6.26. The van der Waals surface area contributed by atoms with Gasteiger partial charge in [0.05, 0.1) is 16.1 Å². The van der Waals surface area contributed by atoms with Gasteiger partial charge in [-0.2, -0.15) is 5.10 Å². The van der Waals surface area contributed by atoms with E-state index in [-0.39, 0.29) is 16.8 Å². The lowest BCUT2D eigenvalue weighted by Gasteiger charge is -2.09. The van der Waals surface area contributed by atoms with Crippen molar-refractivity contribution in [3.05, 3.63) is 77.4 Å². The zero-order valence-corrected chi connectivity index (χ0v) is 18.5. The number of benzene rings is 3. The lowest BCUT2D eigenvalue weighted by molar-refractivity contribution is 0.589. The van der Waals surface area contributed by atoms with Crippen molar-refractivity contribution in [2.75, 3.05) is 0 Å². The highest BCUT2D eigenvalue weighted by molar-refractivity contribution is 7.90. The molecule has 32 heavy (non-hydrogen) atoms. The average molecular weight is 466 g/mol. The van der Waals surface area contributed by atoms with Gasteiger partial charge < -0.3 is 5.73 Å². The molecule has 0 aliphatic heterocycles. The van der Waals surface area contributed by atoms with Crippen LogP contribution in [0.15, 0.2) is 76.9 Å². The topological polar surface area (TPSA) is 113 Å². The molecule has 0 amide bonds. The number of nitrogens with one attached hydrogen (secondary N) is 2. The van der Waals surface area contributed by atoms with Crippen LogP contribution in [0.2, 0.25) is 5.02 Å². The Bertz CT molecular complexity index is 1520. The predicted octanol–water partition coefficient (Wildman–Crippen LogP) is 4.28. The average Bonchev–Trinajstić information content (AvgIpc) is 3.54. The molecule has 0 unspecified atom stereocenters. The number of guanidine groups is 1. The third-order valence-corrected chi connectivity index (χ3v) is 7.45. The van der Waals surface area contributed by atoms with E-state index in [1.807, 2.05) is 24.3 Å². The standard InChI is InChI=1S/C23H20ClN5O2S/c24-17-8-10-21-19(12-17)20(22(15-5-6-15)27-28-23(25)26)13-29(21)32(30,31)18-9-7-14-3-1-2-4-16(14)11-18/h1-4,7-13,15H,5-6H2,(H4,25,26,28)/b27-22-. The van der Waals surface area contributed by atoms with Gasteiger partial charge in [0, 0.05) is 28.1 Å². The quantitative estimate of drug-likeness (QED) is 0.232. The third kappa shape index (κ3) is 3.61. The van der Waals surface area contributed by atoms with E-state index in [1.165, 1.54) is 3.97 Å². The molecule has 162 valence electrons. The van der Waals surface area contributed by atoms with Crippen LogP contribution in [0.4, 0.5) is 0 Å². The van der Waals surface area contributed by atoms with Crippen LogP contribution in [0.5, 0.6) is 0 Å². The predicted molar refractivity (Wildman–Crippen MR) is 128 cm³/mol. The van der Waals surface area contributed by atoms with Crippen LogP contribution in [-0.4, -0.2) is 24.1 Å². The molecule has 1 heterocycles. The number of halogens is 1. The highest BCUT2D eigenvalue weighted by Crippen LogP contribution is 2.37. The Kier molecular flexibility index (Phi) is 4.91. The zero-order chi connectivity index (χ0) is 22.5. The zero-order valence-electron chi connectivity index (χ0n) is 16.9. The molecule has 3 aromatic carbocycles. The molecule has 1 fully saturated rings. The Balaban J connectivity index is 1.72. The molecule has 5 rings (SSSR count). The van der Waals surface area contributed by atoms with Crippen LogP contribution in [-0.2, 0) is 10.0 Å². The molecule has 4 aromatic rings. The van der Waals surface area contributed by atoms with Crippen molar-refractivity contribution in [1.82, 2.24) is 9.40 Å². The second-order valence-electron chi connectivity index (χ2n) is 7.81. The second kappa shape index (κ2) is 7.65. The first-order valence-electron chi connectivity index (χ1n) is 10.1. The summed E-state index contributed by atoms with van der Waals surface area (Å²) in [6.07, 6.45) is 3.46. The summed E-state index contributed by atoms with van der Waals surface area (Å²) in [7, 11) is -3.89. The van der Waals surface area contributed by atoms with Crippen LogP contribution in [0.1, 0.15) is 18.4 Å². The van der Waals surface area contributed by atoms with Gasteiger partial charge in [-0.05, 0) is 53.9 Å². The Hall–Kier alpha value is -3.36. The largest absolute Gasteiger partial charge is 0.369 e. The van der Waals surface area contributed by atoms with E-state index < -0.39 is 10.0 Å². The smallest absolute Gasteiger partial charge is 0.268 e. The highest BCUT2D eigenvalue weighted by Gasteiger charge is 2.32. The summed E-state index contributed by atoms with van der Waals surface area (Å²) in [5.41, 5.74) is 9.75. The van der Waals surface area contributed by atoms with Gasteiger partial charge in [0.1, 0.15) is 0 Å². The van der Waals surface area contributed by atoms with Gasteiger partial charge in [-0.15, -0.1) is 0 Å². The summed E-state index contributed by atoms with van der Waals surface area (Å²) < 4.78 is 28.7. The van der Waals surface area contributed by atoms with Crippen LogP contribution in [0.25, 0.3) is 21.7 Å². The molecule has 1 aliphatic rings. The van der Waals surface area contributed by atoms with Gasteiger partial charge >= 0.3 is 0 Å². The van der Waals surface area contributed by atoms with Crippen LogP contribution in [0, 0.1) is 11.3 Å². The van der Waals surface area contributed by atoms with Crippen molar-refractivity contribution in [3.8, 4) is 0 Å². The van der Waals surface area contributed by atoms with E-state index in [4.69, 9.17) is 22.7 Å². The molecule has 0 atom stereocenters. The minimum atomic E-state index is -3.89. The Labute approximate surface area is 190 Å². The molecule has 0 radical (unpaired) electrons. The summed E-state index contributed by atoms with van der Waals surface area (Å²) in [5.74, 6) is -0.114. The molecule has 0 bridgehead atoms. The second-order valence-corrected chi connectivity index (χ2v) is 10.1. The van der Waals surface area contributed by atoms with Crippen LogP contribution < -0.4 is 11.2 Å². The SMILES string of the molecule is N=C(N)N/N=C(\c1cn(S(=O)(=O)c2ccc3ccccc3c2)c2ccc(Cl)cc12)C1CC1. The minimum absolute atomic E-state index is 0.170. The number of nitrogens with two attached hydrogens (primary N) is 1. The molecule has 1 aromatic heterocycles. The van der Waals surface area contributed by atoms with Crippen molar-refractivity contribution in [3.63, 3.8) is 0 Å². The van der Waals surface area contributed by atoms with Gasteiger partial charge in [-0.25, -0.2) is 17.8 Å². The fourth-order valence-corrected chi connectivity index (χ4v) is 5.44. The number of hydrogen-bond donors (Lipinski definition) is 3. The summed E-state index contributed by atoms with van der Waals surface area (Å²) in [5, 5.41) is 14.7. The number of nitrogens with zero attached hydrogens (tertiary/aromatic N) is 2. The van der Waals surface area contributed by atoms with E-state index in [9.17, 15) is 8.42 Å². The molecule has 4 N–H and O–H groups in total. The number of fused-ring (bicyclic) bond motifs is 2. The van der Waals surface area contributed by atoms with Gasteiger partial charge in [0.2, 0.25) is 5.96 Å². The van der Waals surface area contributed by atoms with Gasteiger partial charge in [-0.1, -0.05) is 41.9 Å². The number of hydrazone groups is 1. The van der Waals surface area contributed by atoms with Gasteiger partial charge in [0.15, 0.2) is 0 Å². The van der Waals surface area contributed by atoms with Gasteiger partial charge in [-0.3, -0.25) is 5.41 Å². The molecule has 0 spiro atoms. The first-order valence-corrected chi connectivity index (χ1v) is 11.9. The fourth-order valence-electron chi connectivity index (χ4n) is 3.87. The van der Waals surface area contributed by atoms with Crippen LogP contribution >= 0.6 is 11.6 Å². The molecule has 7 nitrogen and oxygen atoms in total. The minimum Gasteiger partial charge on any atom is -0.369 e. The number of aromatic nitrogens is 1. The summed E-state index contributed by atoms with van der Waals surface area (Å²) in [6.45, 7) is 0. The van der Waals surface area contributed by atoms with Crippen molar-refractivity contribution in [2.24, 2.45) is 16.8 Å². The Morgan fingerprint density at radius 2 is 1.84 bits per heavy atom. The van der Waals surface area contributed by atoms with Crippen molar-refractivity contribution >= 4 is 55.0 Å². The molecule has 1 saturated carbocycles. The molecule has 9 heteroatoms. The molecule has 1 aliphatic carbocycles. The van der Waals surface area contributed by atoms with E-state index in [2.05, 4.69) is 10.5 Å². The normalized spacial score (nSPS) is 14.7. The summed E-state index contributed by atoms with van der Waals surface area (Å²) in [4.78, 5) is 0.196.